The van der Waals surface area contributed by atoms with Crippen LogP contribution in [0.3, 0.4) is 0 Å². The summed E-state index contributed by atoms with van der Waals surface area (Å²) in [7, 11) is -3.66. The Morgan fingerprint density at radius 3 is 2.38 bits per heavy atom. The van der Waals surface area contributed by atoms with E-state index in [1.807, 2.05) is 19.1 Å². The van der Waals surface area contributed by atoms with E-state index in [-0.39, 0.29) is 19.7 Å². The lowest BCUT2D eigenvalue weighted by molar-refractivity contribution is -0.132. The van der Waals surface area contributed by atoms with Gasteiger partial charge in [-0.3, -0.25) is 4.79 Å². The molecule has 0 radical (unpaired) electrons. The van der Waals surface area contributed by atoms with Crippen molar-refractivity contribution in [3.8, 4) is 0 Å². The van der Waals surface area contributed by atoms with E-state index >= 15 is 0 Å². The second-order valence-electron chi connectivity index (χ2n) is 5.35. The van der Waals surface area contributed by atoms with E-state index in [1.54, 1.807) is 13.8 Å². The molecule has 116 valence electrons. The van der Waals surface area contributed by atoms with Crippen molar-refractivity contribution < 1.29 is 17.9 Å². The molecule has 1 aliphatic rings. The quantitative estimate of drug-likeness (QED) is 0.879. The molecule has 6 nitrogen and oxygen atoms in total. The molecule has 1 fully saturated rings. The number of amides is 1. The van der Waals surface area contributed by atoms with Crippen LogP contribution >= 0.6 is 0 Å². The van der Waals surface area contributed by atoms with Crippen molar-refractivity contribution in [2.45, 2.75) is 31.8 Å². The summed E-state index contributed by atoms with van der Waals surface area (Å²) in [5.74, 6) is -0.646. The topological polar surface area (TPSA) is 89.7 Å². The Bertz CT molecular complexity index is 647. The molecule has 1 aromatic rings. The first-order valence-electron chi connectivity index (χ1n) is 6.72. The number of carbonyl (C=O) groups excluding carboxylic acids is 1. The predicted molar refractivity (Wildman–Crippen MR) is 78.3 cm³/mol. The molecule has 1 atom stereocenters. The first kappa shape index (κ1) is 15.9. The van der Waals surface area contributed by atoms with Crippen molar-refractivity contribution >= 4 is 15.9 Å². The van der Waals surface area contributed by atoms with Crippen molar-refractivity contribution in [3.63, 3.8) is 0 Å². The van der Waals surface area contributed by atoms with Crippen molar-refractivity contribution in [1.82, 2.24) is 4.31 Å². The molecule has 1 unspecified atom stereocenters. The zero-order valence-corrected chi connectivity index (χ0v) is 13.2. The number of ether oxygens (including phenoxy) is 1. The molecule has 0 aromatic heterocycles. The van der Waals surface area contributed by atoms with Crippen LogP contribution in [-0.4, -0.2) is 44.4 Å². The van der Waals surface area contributed by atoms with Crippen LogP contribution in [-0.2, 0) is 19.6 Å². The zero-order valence-electron chi connectivity index (χ0n) is 12.4. The number of rotatable bonds is 3. The number of nitrogens with two attached hydrogens (primary N) is 1. The smallest absolute Gasteiger partial charge is 0.247 e. The maximum atomic E-state index is 12.8. The molecular formula is C14H20N2O4S. The number of hydrogen-bond donors (Lipinski definition) is 1. The van der Waals surface area contributed by atoms with Crippen LogP contribution in [0.25, 0.3) is 0 Å². The summed E-state index contributed by atoms with van der Waals surface area (Å²) in [5, 5.41) is 0. The third kappa shape index (κ3) is 3.09. The first-order chi connectivity index (χ1) is 9.73. The predicted octanol–water partition coefficient (Wildman–Crippen LogP) is 0.487. The van der Waals surface area contributed by atoms with Crippen LogP contribution in [0.15, 0.2) is 17.0 Å². The highest BCUT2D eigenvalue weighted by atomic mass is 32.2. The molecule has 21 heavy (non-hydrogen) atoms. The Hall–Kier alpha value is -1.44. The summed E-state index contributed by atoms with van der Waals surface area (Å²) in [6, 6.07) is 3.68. The summed E-state index contributed by atoms with van der Waals surface area (Å²) in [4.78, 5) is 11.5. The lowest BCUT2D eigenvalue weighted by atomic mass is 10.1. The number of primary amides is 1. The van der Waals surface area contributed by atoms with Gasteiger partial charge < -0.3 is 10.5 Å². The Kier molecular flexibility index (Phi) is 4.36. The van der Waals surface area contributed by atoms with E-state index in [2.05, 4.69) is 0 Å². The molecule has 0 bridgehead atoms. The minimum atomic E-state index is -3.66. The monoisotopic (exact) mass is 312 g/mol. The fourth-order valence-electron chi connectivity index (χ4n) is 2.72. The van der Waals surface area contributed by atoms with Gasteiger partial charge in [-0.1, -0.05) is 17.7 Å². The normalized spacial score (nSPS) is 20.4. The van der Waals surface area contributed by atoms with Crippen LogP contribution in [0.1, 0.15) is 16.7 Å². The molecule has 1 saturated heterocycles. The van der Waals surface area contributed by atoms with Gasteiger partial charge in [0.2, 0.25) is 15.9 Å². The molecule has 2 N–H and O–H groups in total. The highest BCUT2D eigenvalue weighted by Gasteiger charge is 2.34. The number of carbonyl (C=O) groups is 1. The van der Waals surface area contributed by atoms with Crippen molar-refractivity contribution in [2.24, 2.45) is 5.73 Å². The van der Waals surface area contributed by atoms with Crippen molar-refractivity contribution in [2.75, 3.05) is 19.7 Å². The highest BCUT2D eigenvalue weighted by molar-refractivity contribution is 7.89. The SMILES string of the molecule is Cc1cc(C)c(S(=O)(=O)N2CCOC(C(N)=O)C2)c(C)c1. The number of morpholine rings is 1. The fraction of sp³-hybridized carbons (Fsp3) is 0.500. The standard InChI is InChI=1S/C14H20N2O4S/c1-9-6-10(2)13(11(3)7-9)21(18,19)16-4-5-20-12(8-16)14(15)17/h6-7,12H,4-5,8H2,1-3H3,(H2,15,17). The Morgan fingerprint density at radius 2 is 1.86 bits per heavy atom. The largest absolute Gasteiger partial charge is 0.367 e. The number of benzene rings is 1. The van der Waals surface area contributed by atoms with Crippen molar-refractivity contribution in [1.29, 1.82) is 0 Å². The van der Waals surface area contributed by atoms with Crippen LogP contribution in [0.4, 0.5) is 0 Å². The molecule has 2 rings (SSSR count). The lowest BCUT2D eigenvalue weighted by Gasteiger charge is -2.31. The van der Waals surface area contributed by atoms with E-state index in [0.717, 1.165) is 5.56 Å². The van der Waals surface area contributed by atoms with E-state index in [9.17, 15) is 13.2 Å². The lowest BCUT2D eigenvalue weighted by Crippen LogP contribution is -2.50. The van der Waals surface area contributed by atoms with Crippen LogP contribution in [0.5, 0.6) is 0 Å². The highest BCUT2D eigenvalue weighted by Crippen LogP contribution is 2.26. The summed E-state index contributed by atoms with van der Waals surface area (Å²) in [5.41, 5.74) is 7.63. The number of sulfonamides is 1. The third-order valence-electron chi connectivity index (χ3n) is 3.55. The summed E-state index contributed by atoms with van der Waals surface area (Å²) < 4.78 is 32.1. The maximum Gasteiger partial charge on any atom is 0.247 e. The Balaban J connectivity index is 2.41. The molecule has 7 heteroatoms. The van der Waals surface area contributed by atoms with Crippen LogP contribution in [0, 0.1) is 20.8 Å². The number of hydrogen-bond acceptors (Lipinski definition) is 4. The molecule has 1 heterocycles. The van der Waals surface area contributed by atoms with E-state index in [1.165, 1.54) is 4.31 Å². The second kappa shape index (κ2) is 5.75. The molecule has 1 amide bonds. The Labute approximate surface area is 124 Å². The second-order valence-corrected chi connectivity index (χ2v) is 7.23. The summed E-state index contributed by atoms with van der Waals surface area (Å²) in [6.45, 7) is 5.83. The average Bonchev–Trinajstić information content (AvgIpc) is 2.37. The van der Waals surface area contributed by atoms with Gasteiger partial charge in [-0.05, 0) is 31.9 Å². The van der Waals surface area contributed by atoms with E-state index < -0.39 is 22.0 Å². The Morgan fingerprint density at radius 1 is 1.29 bits per heavy atom. The molecule has 1 aliphatic heterocycles. The van der Waals surface area contributed by atoms with Gasteiger partial charge in [0.1, 0.15) is 6.10 Å². The summed E-state index contributed by atoms with van der Waals surface area (Å²) >= 11 is 0. The molecule has 1 aromatic carbocycles. The van der Waals surface area contributed by atoms with Gasteiger partial charge in [0.15, 0.2) is 0 Å². The van der Waals surface area contributed by atoms with Crippen molar-refractivity contribution in [3.05, 3.63) is 28.8 Å². The minimum absolute atomic E-state index is 0.0373. The van der Waals surface area contributed by atoms with Crippen LogP contribution < -0.4 is 5.73 Å². The molecular weight excluding hydrogens is 292 g/mol. The first-order valence-corrected chi connectivity index (χ1v) is 8.16. The number of nitrogens with zero attached hydrogens (tertiary/aromatic N) is 1. The van der Waals surface area contributed by atoms with Crippen LogP contribution in [0.2, 0.25) is 0 Å². The molecule has 0 aliphatic carbocycles. The minimum Gasteiger partial charge on any atom is -0.367 e. The third-order valence-corrected chi connectivity index (χ3v) is 5.72. The fourth-order valence-corrected chi connectivity index (χ4v) is 4.56. The molecule has 0 saturated carbocycles. The van der Waals surface area contributed by atoms with Gasteiger partial charge in [0, 0.05) is 13.1 Å². The van der Waals surface area contributed by atoms with Gasteiger partial charge in [-0.2, -0.15) is 4.31 Å². The molecule has 0 spiro atoms. The average molecular weight is 312 g/mol. The maximum absolute atomic E-state index is 12.8. The van der Waals surface area contributed by atoms with Gasteiger partial charge in [-0.15, -0.1) is 0 Å². The van der Waals surface area contributed by atoms with Gasteiger partial charge in [0.05, 0.1) is 11.5 Å². The summed E-state index contributed by atoms with van der Waals surface area (Å²) in [6.07, 6.45) is -0.889. The van der Waals surface area contributed by atoms with E-state index in [0.29, 0.717) is 16.0 Å². The van der Waals surface area contributed by atoms with Gasteiger partial charge in [0.25, 0.3) is 0 Å². The van der Waals surface area contributed by atoms with E-state index in [4.69, 9.17) is 10.5 Å². The van der Waals surface area contributed by atoms with Gasteiger partial charge in [-0.25, -0.2) is 8.42 Å². The van der Waals surface area contributed by atoms with Gasteiger partial charge >= 0.3 is 0 Å². The zero-order chi connectivity index (χ0) is 15.8. The number of aryl methyl sites for hydroxylation is 3.